The van der Waals surface area contributed by atoms with Crippen LogP contribution in [-0.2, 0) is 35.8 Å². The van der Waals surface area contributed by atoms with Gasteiger partial charge in [0.25, 0.3) is 11.8 Å². The van der Waals surface area contributed by atoms with E-state index in [1.165, 1.54) is 18.0 Å². The highest BCUT2D eigenvalue weighted by atomic mass is 32.2. The standard InChI is InChI=1S/C20H22N8O7S3/c1-3-35-24-12(15-23-20(21)37-25-15)16(29)22-13-17(30)28-14(19(31)32)10(9-36-18(13)28)7-27-6-4-5-11(8-27)26-38(2,33)34/h4-6,8,13,18,26H,3,7,9H2,1-2H3,(H3-,21,22,23,25,29,31,32)/b24-12-/t13?,18-/m1/s1. The Hall–Kier alpha value is -3.77. The maximum atomic E-state index is 13.0. The first kappa shape index (κ1) is 27.3. The zero-order valence-electron chi connectivity index (χ0n) is 20.0. The third kappa shape index (κ3) is 5.86. The number of carbonyl (C=O) groups excluding carboxylic acids is 3. The number of β-lactam (4-membered cyclic amide) rings is 1. The number of sulfonamides is 1. The molecule has 0 spiro atoms. The van der Waals surface area contributed by atoms with Gasteiger partial charge in [0, 0.05) is 28.9 Å². The molecule has 0 aromatic carbocycles. The van der Waals surface area contributed by atoms with Crippen LogP contribution in [0, 0.1) is 0 Å². The van der Waals surface area contributed by atoms with E-state index in [1.807, 2.05) is 0 Å². The van der Waals surface area contributed by atoms with Crippen LogP contribution in [0.4, 0.5) is 10.8 Å². The molecule has 15 nitrogen and oxygen atoms in total. The number of carbonyl (C=O) groups is 3. The number of nitrogen functional groups attached to an aromatic ring is 1. The molecule has 0 saturated carbocycles. The summed E-state index contributed by atoms with van der Waals surface area (Å²) < 4.78 is 30.9. The first-order valence-corrected chi connectivity index (χ1v) is 14.6. The molecule has 1 unspecified atom stereocenters. The summed E-state index contributed by atoms with van der Waals surface area (Å²) in [6.07, 6.45) is 4.14. The smallest absolute Gasteiger partial charge is 0.278 e. The van der Waals surface area contributed by atoms with Gasteiger partial charge in [-0.05, 0) is 13.0 Å². The summed E-state index contributed by atoms with van der Waals surface area (Å²) in [4.78, 5) is 48.0. The van der Waals surface area contributed by atoms with Gasteiger partial charge in [0.2, 0.25) is 21.6 Å². The molecular formula is C20H22N8O7S3. The number of carboxylic acid groups (broad SMARTS) is 1. The topological polar surface area (TPSA) is 213 Å². The minimum absolute atomic E-state index is 0.0607. The molecule has 2 atom stereocenters. The zero-order valence-corrected chi connectivity index (χ0v) is 22.4. The van der Waals surface area contributed by atoms with E-state index in [2.05, 4.69) is 24.6 Å². The van der Waals surface area contributed by atoms with Crippen LogP contribution < -0.4 is 25.4 Å². The van der Waals surface area contributed by atoms with Crippen LogP contribution >= 0.6 is 23.3 Å². The van der Waals surface area contributed by atoms with Crippen molar-refractivity contribution < 1.29 is 37.3 Å². The van der Waals surface area contributed by atoms with E-state index in [1.54, 1.807) is 29.8 Å². The van der Waals surface area contributed by atoms with Gasteiger partial charge in [-0.25, -0.2) is 8.42 Å². The molecule has 4 rings (SSSR count). The first-order chi connectivity index (χ1) is 18.0. The summed E-state index contributed by atoms with van der Waals surface area (Å²) in [5, 5.41) is 17.8. The van der Waals surface area contributed by atoms with Crippen molar-refractivity contribution in [3.05, 3.63) is 41.6 Å². The molecule has 202 valence electrons. The molecule has 0 radical (unpaired) electrons. The third-order valence-electron chi connectivity index (χ3n) is 5.22. The van der Waals surface area contributed by atoms with E-state index in [-0.39, 0.29) is 47.0 Å². The van der Waals surface area contributed by atoms with Crippen LogP contribution in [0.15, 0.2) is 41.0 Å². The number of nitrogens with zero attached hydrogens (tertiary/aromatic N) is 5. The van der Waals surface area contributed by atoms with Crippen molar-refractivity contribution in [2.45, 2.75) is 24.9 Å². The Morgan fingerprint density at radius 3 is 2.82 bits per heavy atom. The molecule has 18 heteroatoms. The summed E-state index contributed by atoms with van der Waals surface area (Å²) >= 11 is 2.11. The summed E-state index contributed by atoms with van der Waals surface area (Å²) in [6, 6.07) is 2.10. The number of pyridine rings is 1. The van der Waals surface area contributed by atoms with Crippen molar-refractivity contribution in [2.24, 2.45) is 5.16 Å². The molecule has 2 aliphatic rings. The van der Waals surface area contributed by atoms with Gasteiger partial charge in [0.15, 0.2) is 24.1 Å². The van der Waals surface area contributed by atoms with Crippen LogP contribution in [0.3, 0.4) is 0 Å². The Morgan fingerprint density at radius 2 is 2.18 bits per heavy atom. The molecule has 0 aliphatic carbocycles. The Kier molecular flexibility index (Phi) is 7.83. The molecule has 2 aliphatic heterocycles. The molecule has 2 aromatic heterocycles. The number of carboxylic acids is 1. The van der Waals surface area contributed by atoms with Gasteiger partial charge in [0.1, 0.15) is 23.7 Å². The predicted octanol–water partition coefficient (Wildman–Crippen LogP) is -2.38. The second-order valence-corrected chi connectivity index (χ2v) is 11.7. The molecule has 4 N–H and O–H groups in total. The quantitative estimate of drug-likeness (QED) is 0.116. The second kappa shape index (κ2) is 10.9. The first-order valence-electron chi connectivity index (χ1n) is 10.9. The molecular weight excluding hydrogens is 560 g/mol. The Morgan fingerprint density at radius 1 is 1.42 bits per heavy atom. The van der Waals surface area contributed by atoms with Crippen molar-refractivity contribution in [3.63, 3.8) is 0 Å². The average molecular weight is 583 g/mol. The van der Waals surface area contributed by atoms with Gasteiger partial charge in [-0.15, -0.1) is 11.8 Å². The van der Waals surface area contributed by atoms with Gasteiger partial charge < -0.3 is 25.8 Å². The molecule has 38 heavy (non-hydrogen) atoms. The lowest BCUT2D eigenvalue weighted by Crippen LogP contribution is -2.71. The maximum Gasteiger partial charge on any atom is 0.278 e. The number of aromatic nitrogens is 3. The van der Waals surface area contributed by atoms with Crippen molar-refractivity contribution in [1.29, 1.82) is 0 Å². The largest absolute Gasteiger partial charge is 0.543 e. The minimum Gasteiger partial charge on any atom is -0.543 e. The van der Waals surface area contributed by atoms with E-state index >= 15 is 0 Å². The Balaban J connectivity index is 1.53. The fourth-order valence-electron chi connectivity index (χ4n) is 3.76. The minimum atomic E-state index is -3.51. The number of nitrogens with one attached hydrogen (secondary N) is 2. The van der Waals surface area contributed by atoms with Crippen molar-refractivity contribution in [2.75, 3.05) is 29.1 Å². The SMILES string of the molecule is CCO/N=C(\C(=O)NC1C(=O)N2C(C(=O)[O-])=C(C[n+]3cccc(NS(C)(=O)=O)c3)CS[C@H]12)c1nsc(N)n1. The molecule has 2 amide bonds. The lowest BCUT2D eigenvalue weighted by molar-refractivity contribution is -0.688. The van der Waals surface area contributed by atoms with Crippen molar-refractivity contribution in [1.82, 2.24) is 19.6 Å². The lowest BCUT2D eigenvalue weighted by atomic mass is 10.0. The van der Waals surface area contributed by atoms with E-state index in [4.69, 9.17) is 10.6 Å². The summed E-state index contributed by atoms with van der Waals surface area (Å²) in [5.74, 6) is -2.84. The Bertz CT molecular complexity index is 1460. The number of nitrogens with two attached hydrogens (primary N) is 1. The number of aliphatic carboxylic acids is 1. The van der Waals surface area contributed by atoms with Gasteiger partial charge >= 0.3 is 0 Å². The van der Waals surface area contributed by atoms with E-state index in [0.717, 1.165) is 22.7 Å². The third-order valence-corrected chi connectivity index (χ3v) is 7.70. The number of rotatable bonds is 10. The molecule has 2 aromatic rings. The molecule has 4 heterocycles. The predicted molar refractivity (Wildman–Crippen MR) is 135 cm³/mol. The highest BCUT2D eigenvalue weighted by molar-refractivity contribution is 8.00. The van der Waals surface area contributed by atoms with Crippen LogP contribution in [0.1, 0.15) is 12.7 Å². The van der Waals surface area contributed by atoms with Crippen molar-refractivity contribution >= 4 is 67.6 Å². The fraction of sp³-hybridized carbons (Fsp3) is 0.350. The molecule has 1 saturated heterocycles. The number of anilines is 2. The number of thioether (sulfide) groups is 1. The van der Waals surface area contributed by atoms with E-state index in [9.17, 15) is 27.9 Å². The van der Waals surface area contributed by atoms with Crippen molar-refractivity contribution in [3.8, 4) is 0 Å². The average Bonchev–Trinajstić information content (AvgIpc) is 3.27. The van der Waals surface area contributed by atoms with E-state index < -0.39 is 39.2 Å². The van der Waals surface area contributed by atoms with Gasteiger partial charge in [-0.1, -0.05) is 5.16 Å². The molecule has 1 fully saturated rings. The van der Waals surface area contributed by atoms with Crippen LogP contribution in [-0.4, -0.2) is 76.2 Å². The Labute approximate surface area is 225 Å². The maximum absolute atomic E-state index is 13.0. The van der Waals surface area contributed by atoms with Gasteiger partial charge in [-0.2, -0.15) is 13.9 Å². The number of fused-ring (bicyclic) bond motifs is 1. The number of hydrogen-bond donors (Lipinski definition) is 3. The van der Waals surface area contributed by atoms with Crippen LogP contribution in [0.5, 0.6) is 0 Å². The van der Waals surface area contributed by atoms with Crippen LogP contribution in [0.25, 0.3) is 0 Å². The summed E-state index contributed by atoms with van der Waals surface area (Å²) in [7, 11) is -3.51. The van der Waals surface area contributed by atoms with Crippen LogP contribution in [0.2, 0.25) is 0 Å². The lowest BCUT2D eigenvalue weighted by Gasteiger charge is -2.50. The number of oxime groups is 1. The van der Waals surface area contributed by atoms with Gasteiger partial charge in [-0.3, -0.25) is 19.2 Å². The second-order valence-electron chi connectivity index (χ2n) is 8.05. The number of hydrogen-bond acceptors (Lipinski definition) is 13. The monoisotopic (exact) mass is 582 g/mol. The molecule has 0 bridgehead atoms. The summed E-state index contributed by atoms with van der Waals surface area (Å²) in [6.45, 7) is 1.89. The van der Waals surface area contributed by atoms with Gasteiger partial charge in [0.05, 0.1) is 17.9 Å². The summed E-state index contributed by atoms with van der Waals surface area (Å²) in [5.41, 5.74) is 5.69. The number of amides is 2. The van der Waals surface area contributed by atoms with E-state index in [0.29, 0.717) is 5.57 Å². The zero-order chi connectivity index (χ0) is 27.6. The highest BCUT2D eigenvalue weighted by Gasteiger charge is 2.53. The highest BCUT2D eigenvalue weighted by Crippen LogP contribution is 2.40. The fourth-order valence-corrected chi connectivity index (χ4v) is 6.08. The normalized spacial score (nSPS) is 19.5.